The van der Waals surface area contributed by atoms with E-state index in [1.165, 1.54) is 6.07 Å². The van der Waals surface area contributed by atoms with Crippen molar-refractivity contribution in [1.82, 2.24) is 0 Å². The molecule has 1 heterocycles. The predicted octanol–water partition coefficient (Wildman–Crippen LogP) is 1.00. The van der Waals surface area contributed by atoms with E-state index < -0.39 is 5.97 Å². The molecule has 0 saturated carbocycles. The zero-order valence-corrected chi connectivity index (χ0v) is 7.53. The molecule has 0 amide bonds. The van der Waals surface area contributed by atoms with Crippen LogP contribution >= 0.6 is 0 Å². The molecule has 0 bridgehead atoms. The molecule has 0 spiro atoms. The Balaban J connectivity index is 2.67. The van der Waals surface area contributed by atoms with Gasteiger partial charge in [-0.05, 0) is 18.6 Å². The molecule has 2 rings (SSSR count). The summed E-state index contributed by atoms with van der Waals surface area (Å²) in [4.78, 5) is 10.8. The minimum atomic E-state index is -1.02. The fraction of sp³-hybridized carbons (Fsp3) is 0.222. The number of fused-ring (bicyclic) bond motifs is 1. The monoisotopic (exact) mass is 195 g/mol. The van der Waals surface area contributed by atoms with Crippen LogP contribution in [0.1, 0.15) is 15.9 Å². The molecule has 0 atom stereocenters. The Labute approximate surface area is 80.0 Å². The number of hydrogen-bond acceptors (Lipinski definition) is 4. The van der Waals surface area contributed by atoms with Gasteiger partial charge in [0.2, 0.25) is 6.79 Å². The van der Waals surface area contributed by atoms with Crippen LogP contribution in [-0.2, 0) is 0 Å². The molecule has 1 aliphatic heterocycles. The van der Waals surface area contributed by atoms with E-state index in [1.807, 2.05) is 0 Å². The lowest BCUT2D eigenvalue weighted by molar-refractivity contribution is 0.0695. The van der Waals surface area contributed by atoms with Gasteiger partial charge in [0, 0.05) is 0 Å². The molecular weight excluding hydrogens is 186 g/mol. The van der Waals surface area contributed by atoms with E-state index in [-0.39, 0.29) is 12.4 Å². The number of carboxylic acid groups (broad SMARTS) is 1. The summed E-state index contributed by atoms with van der Waals surface area (Å²) in [5.74, 6) is -0.189. The molecule has 14 heavy (non-hydrogen) atoms. The van der Waals surface area contributed by atoms with E-state index in [4.69, 9.17) is 20.3 Å². The fourth-order valence-corrected chi connectivity index (χ4v) is 1.38. The van der Waals surface area contributed by atoms with Gasteiger partial charge in [0.25, 0.3) is 0 Å². The number of ether oxygens (including phenoxy) is 2. The third kappa shape index (κ3) is 1.06. The lowest BCUT2D eigenvalue weighted by Crippen LogP contribution is -2.03. The first-order chi connectivity index (χ1) is 6.61. The maximum atomic E-state index is 10.8. The summed E-state index contributed by atoms with van der Waals surface area (Å²) < 4.78 is 10.2. The van der Waals surface area contributed by atoms with E-state index in [9.17, 15) is 4.79 Å². The number of carbonyl (C=O) groups is 1. The van der Waals surface area contributed by atoms with Crippen LogP contribution in [0.15, 0.2) is 6.07 Å². The third-order valence-electron chi connectivity index (χ3n) is 2.20. The van der Waals surface area contributed by atoms with Gasteiger partial charge in [-0.2, -0.15) is 0 Å². The lowest BCUT2D eigenvalue weighted by atomic mass is 10.1. The maximum Gasteiger partial charge on any atom is 0.336 e. The highest BCUT2D eigenvalue weighted by atomic mass is 16.7. The van der Waals surface area contributed by atoms with Crippen molar-refractivity contribution >= 4 is 11.7 Å². The highest BCUT2D eigenvalue weighted by molar-refractivity contribution is 5.93. The fourth-order valence-electron chi connectivity index (χ4n) is 1.38. The molecule has 3 N–H and O–H groups in total. The van der Waals surface area contributed by atoms with Gasteiger partial charge in [-0.3, -0.25) is 0 Å². The van der Waals surface area contributed by atoms with Crippen molar-refractivity contribution in [3.05, 3.63) is 17.2 Å². The highest BCUT2D eigenvalue weighted by Crippen LogP contribution is 2.41. The molecule has 1 aliphatic rings. The summed E-state index contributed by atoms with van der Waals surface area (Å²) in [6.07, 6.45) is 0. The van der Waals surface area contributed by atoms with Crippen molar-refractivity contribution in [2.45, 2.75) is 6.92 Å². The number of anilines is 1. The summed E-state index contributed by atoms with van der Waals surface area (Å²) in [5.41, 5.74) is 6.68. The molecule has 0 fully saturated rings. The van der Waals surface area contributed by atoms with Gasteiger partial charge in [-0.15, -0.1) is 0 Å². The first-order valence-corrected chi connectivity index (χ1v) is 4.03. The number of rotatable bonds is 1. The Morgan fingerprint density at radius 3 is 2.93 bits per heavy atom. The topological polar surface area (TPSA) is 81.8 Å². The first-order valence-electron chi connectivity index (χ1n) is 4.03. The molecule has 5 heteroatoms. The Morgan fingerprint density at radius 2 is 2.29 bits per heavy atom. The van der Waals surface area contributed by atoms with Gasteiger partial charge in [0.1, 0.15) is 0 Å². The largest absolute Gasteiger partial charge is 0.478 e. The Morgan fingerprint density at radius 1 is 1.57 bits per heavy atom. The summed E-state index contributed by atoms with van der Waals surface area (Å²) in [6, 6.07) is 1.43. The Hall–Kier alpha value is -1.91. The molecule has 0 aromatic heterocycles. The van der Waals surface area contributed by atoms with Crippen LogP contribution in [0.3, 0.4) is 0 Å². The van der Waals surface area contributed by atoms with Crippen molar-refractivity contribution in [3.8, 4) is 11.5 Å². The SMILES string of the molecule is Cc1c(C(=O)O)cc2c(c1N)OCO2. The first kappa shape index (κ1) is 8.68. The van der Waals surface area contributed by atoms with Crippen molar-refractivity contribution in [2.75, 3.05) is 12.5 Å². The molecule has 1 aromatic rings. The van der Waals surface area contributed by atoms with Gasteiger partial charge in [0.05, 0.1) is 11.3 Å². The Bertz CT molecular complexity index is 414. The summed E-state index contributed by atoms with van der Waals surface area (Å²) >= 11 is 0. The molecule has 5 nitrogen and oxygen atoms in total. The van der Waals surface area contributed by atoms with E-state index >= 15 is 0 Å². The van der Waals surface area contributed by atoms with Crippen LogP contribution < -0.4 is 15.2 Å². The average molecular weight is 195 g/mol. The van der Waals surface area contributed by atoms with Crippen LogP contribution in [-0.4, -0.2) is 17.9 Å². The molecule has 0 unspecified atom stereocenters. The van der Waals surface area contributed by atoms with Crippen LogP contribution in [0.4, 0.5) is 5.69 Å². The molecule has 74 valence electrons. The molecule has 0 aliphatic carbocycles. The van der Waals surface area contributed by atoms with Gasteiger partial charge in [-0.25, -0.2) is 4.79 Å². The molecule has 0 radical (unpaired) electrons. The second kappa shape index (κ2) is 2.80. The number of aromatic carboxylic acids is 1. The van der Waals surface area contributed by atoms with E-state index in [2.05, 4.69) is 0 Å². The van der Waals surface area contributed by atoms with Crippen LogP contribution in [0.25, 0.3) is 0 Å². The number of nitrogen functional groups attached to an aromatic ring is 1. The minimum Gasteiger partial charge on any atom is -0.478 e. The predicted molar refractivity (Wildman–Crippen MR) is 48.7 cm³/mol. The smallest absolute Gasteiger partial charge is 0.336 e. The third-order valence-corrected chi connectivity index (χ3v) is 2.20. The van der Waals surface area contributed by atoms with E-state index in [1.54, 1.807) is 6.92 Å². The van der Waals surface area contributed by atoms with Gasteiger partial charge >= 0.3 is 5.97 Å². The van der Waals surface area contributed by atoms with Crippen molar-refractivity contribution in [2.24, 2.45) is 0 Å². The van der Waals surface area contributed by atoms with Gasteiger partial charge in [-0.1, -0.05) is 0 Å². The second-order valence-corrected chi connectivity index (χ2v) is 3.00. The van der Waals surface area contributed by atoms with Gasteiger partial charge in [0.15, 0.2) is 11.5 Å². The standard InChI is InChI=1S/C9H9NO4/c1-4-5(9(11)12)2-6-8(7(4)10)14-3-13-6/h2H,3,10H2,1H3,(H,11,12). The van der Waals surface area contributed by atoms with Crippen LogP contribution in [0.5, 0.6) is 11.5 Å². The molecular formula is C9H9NO4. The number of benzene rings is 1. The van der Waals surface area contributed by atoms with Gasteiger partial charge < -0.3 is 20.3 Å². The Kier molecular flexibility index (Phi) is 1.73. The van der Waals surface area contributed by atoms with Crippen molar-refractivity contribution < 1.29 is 19.4 Å². The van der Waals surface area contributed by atoms with E-state index in [0.717, 1.165) is 0 Å². The molecule has 0 saturated heterocycles. The van der Waals surface area contributed by atoms with E-state index in [0.29, 0.717) is 22.7 Å². The summed E-state index contributed by atoms with van der Waals surface area (Å²) in [7, 11) is 0. The highest BCUT2D eigenvalue weighted by Gasteiger charge is 2.22. The molecule has 1 aromatic carbocycles. The zero-order chi connectivity index (χ0) is 10.3. The quantitative estimate of drug-likeness (QED) is 0.653. The zero-order valence-electron chi connectivity index (χ0n) is 7.53. The number of carboxylic acids is 1. The van der Waals surface area contributed by atoms with Crippen molar-refractivity contribution in [1.29, 1.82) is 0 Å². The van der Waals surface area contributed by atoms with Crippen molar-refractivity contribution in [3.63, 3.8) is 0 Å². The second-order valence-electron chi connectivity index (χ2n) is 3.00. The minimum absolute atomic E-state index is 0.0854. The lowest BCUT2D eigenvalue weighted by Gasteiger charge is -2.07. The van der Waals surface area contributed by atoms with Crippen LogP contribution in [0.2, 0.25) is 0 Å². The average Bonchev–Trinajstić information content (AvgIpc) is 2.58. The number of hydrogen-bond donors (Lipinski definition) is 2. The normalized spacial score (nSPS) is 12.9. The van der Waals surface area contributed by atoms with Crippen LogP contribution in [0, 0.1) is 6.92 Å². The number of nitrogens with two attached hydrogens (primary N) is 1. The maximum absolute atomic E-state index is 10.8. The summed E-state index contributed by atoms with van der Waals surface area (Å²) in [6.45, 7) is 1.72. The summed E-state index contributed by atoms with van der Waals surface area (Å²) in [5, 5.41) is 8.87.